The number of hydrogen-bond donors (Lipinski definition) is 1. The van der Waals surface area contributed by atoms with E-state index in [1.807, 2.05) is 19.9 Å². The van der Waals surface area contributed by atoms with E-state index in [0.29, 0.717) is 24.6 Å². The Bertz CT molecular complexity index is 899. The van der Waals surface area contributed by atoms with Gasteiger partial charge in [0, 0.05) is 29.1 Å². The lowest BCUT2D eigenvalue weighted by atomic mass is 9.46. The number of ketones is 1. The topological polar surface area (TPSA) is 80.7 Å². The number of aliphatic hydroxyl groups excluding tert-OH is 1. The van der Waals surface area contributed by atoms with Gasteiger partial charge in [0.15, 0.2) is 11.4 Å². The zero-order valence-corrected chi connectivity index (χ0v) is 20.0. The smallest absolute Gasteiger partial charge is 0.306 e. The second-order valence-corrected chi connectivity index (χ2v) is 11.3. The largest absolute Gasteiger partial charge is 0.449 e. The normalized spacial score (nSPS) is 44.9. The van der Waals surface area contributed by atoms with Crippen molar-refractivity contribution in [2.24, 2.45) is 34.5 Å². The SMILES string of the molecule is CCC(=O)OC1(C(=O)SCF)[C@H](C)CC2C3CCC4=CC(=O)C=CC4(C)C3C(O)CC21C. The van der Waals surface area contributed by atoms with Crippen LogP contribution < -0.4 is 0 Å². The summed E-state index contributed by atoms with van der Waals surface area (Å²) in [6.45, 7) is 7.64. The van der Waals surface area contributed by atoms with Crippen LogP contribution in [0, 0.1) is 34.5 Å². The van der Waals surface area contributed by atoms with Gasteiger partial charge < -0.3 is 9.84 Å². The maximum Gasteiger partial charge on any atom is 0.306 e. The number of halogens is 1. The molecule has 3 fully saturated rings. The highest BCUT2D eigenvalue weighted by Crippen LogP contribution is 2.69. The molecular formula is C25H33FO5S. The average Bonchev–Trinajstić information content (AvgIpc) is 2.95. The number of thioether (sulfide) groups is 1. The van der Waals surface area contributed by atoms with Crippen molar-refractivity contribution in [3.05, 3.63) is 23.8 Å². The molecule has 0 amide bonds. The molecule has 32 heavy (non-hydrogen) atoms. The van der Waals surface area contributed by atoms with Crippen LogP contribution in [0.4, 0.5) is 4.39 Å². The maximum absolute atomic E-state index is 13.4. The monoisotopic (exact) mass is 464 g/mol. The lowest BCUT2D eigenvalue weighted by Gasteiger charge is -2.59. The molecule has 0 radical (unpaired) electrons. The minimum atomic E-state index is -1.46. The third-order valence-electron chi connectivity index (χ3n) is 9.09. The molecule has 0 aliphatic heterocycles. The molecule has 4 aliphatic rings. The van der Waals surface area contributed by atoms with E-state index in [2.05, 4.69) is 6.92 Å². The number of ether oxygens (including phenoxy) is 1. The summed E-state index contributed by atoms with van der Waals surface area (Å²) in [5.41, 5.74) is -1.59. The van der Waals surface area contributed by atoms with Crippen LogP contribution in [-0.2, 0) is 19.1 Å². The van der Waals surface area contributed by atoms with Gasteiger partial charge in [-0.2, -0.15) is 0 Å². The van der Waals surface area contributed by atoms with Gasteiger partial charge in [-0.1, -0.05) is 39.3 Å². The maximum atomic E-state index is 13.4. The minimum absolute atomic E-state index is 0.0140. The Hall–Kier alpha value is -1.47. The van der Waals surface area contributed by atoms with Crippen molar-refractivity contribution in [2.75, 3.05) is 6.01 Å². The third kappa shape index (κ3) is 3.10. The Morgan fingerprint density at radius 3 is 2.72 bits per heavy atom. The first-order valence-electron chi connectivity index (χ1n) is 11.6. The van der Waals surface area contributed by atoms with Crippen LogP contribution in [0.2, 0.25) is 0 Å². The zero-order chi connectivity index (χ0) is 23.5. The van der Waals surface area contributed by atoms with Crippen LogP contribution in [0.1, 0.15) is 59.8 Å². The first-order valence-corrected chi connectivity index (χ1v) is 12.6. The molecule has 176 valence electrons. The van der Waals surface area contributed by atoms with Gasteiger partial charge >= 0.3 is 5.97 Å². The second kappa shape index (κ2) is 8.08. The van der Waals surface area contributed by atoms with E-state index in [0.717, 1.165) is 18.4 Å². The molecule has 0 spiro atoms. The number of carbonyl (C=O) groups is 3. The molecule has 0 aromatic heterocycles. The molecular weight excluding hydrogens is 431 g/mol. The molecule has 0 saturated heterocycles. The molecule has 0 aromatic rings. The Balaban J connectivity index is 1.79. The molecule has 4 aliphatic carbocycles. The summed E-state index contributed by atoms with van der Waals surface area (Å²) in [6, 6.07) is -0.878. The van der Waals surface area contributed by atoms with E-state index in [-0.39, 0.29) is 35.9 Å². The van der Waals surface area contributed by atoms with Crippen LogP contribution in [0.25, 0.3) is 0 Å². The second-order valence-electron chi connectivity index (χ2n) is 10.5. The van der Waals surface area contributed by atoms with E-state index in [9.17, 15) is 23.9 Å². The van der Waals surface area contributed by atoms with Crippen molar-refractivity contribution in [1.29, 1.82) is 0 Å². The molecule has 7 unspecified atom stereocenters. The molecule has 0 aromatic carbocycles. The number of fused-ring (bicyclic) bond motifs is 5. The van der Waals surface area contributed by atoms with E-state index < -0.39 is 39.6 Å². The van der Waals surface area contributed by atoms with Crippen LogP contribution in [0.5, 0.6) is 0 Å². The fraction of sp³-hybridized carbons (Fsp3) is 0.720. The van der Waals surface area contributed by atoms with Crippen LogP contribution in [-0.4, -0.2) is 39.7 Å². The Kier molecular flexibility index (Phi) is 5.98. The number of allylic oxidation sites excluding steroid dienone is 4. The number of rotatable bonds is 4. The van der Waals surface area contributed by atoms with Gasteiger partial charge in [-0.3, -0.25) is 14.4 Å². The highest BCUT2D eigenvalue weighted by Gasteiger charge is 2.73. The van der Waals surface area contributed by atoms with Crippen molar-refractivity contribution in [2.45, 2.75) is 71.5 Å². The first kappa shape index (κ1) is 23.7. The summed E-state index contributed by atoms with van der Waals surface area (Å²) in [4.78, 5) is 37.9. The lowest BCUT2D eigenvalue weighted by molar-refractivity contribution is -0.199. The molecule has 4 rings (SSSR count). The van der Waals surface area contributed by atoms with Gasteiger partial charge in [0.2, 0.25) is 5.12 Å². The molecule has 1 N–H and O–H groups in total. The number of carbonyl (C=O) groups excluding carboxylic acids is 3. The van der Waals surface area contributed by atoms with Crippen molar-refractivity contribution >= 4 is 28.6 Å². The van der Waals surface area contributed by atoms with Gasteiger partial charge in [0.1, 0.15) is 6.01 Å². The molecule has 0 bridgehead atoms. The number of alkyl halides is 1. The van der Waals surface area contributed by atoms with Crippen LogP contribution in [0.15, 0.2) is 23.8 Å². The Morgan fingerprint density at radius 2 is 2.06 bits per heavy atom. The van der Waals surface area contributed by atoms with Crippen molar-refractivity contribution in [3.8, 4) is 0 Å². The van der Waals surface area contributed by atoms with Gasteiger partial charge in [-0.15, -0.1) is 0 Å². The molecule has 5 nitrogen and oxygen atoms in total. The van der Waals surface area contributed by atoms with Gasteiger partial charge in [-0.05, 0) is 61.4 Å². The summed E-state index contributed by atoms with van der Waals surface area (Å²) in [7, 11) is 0. The summed E-state index contributed by atoms with van der Waals surface area (Å²) >= 11 is 0.564. The fourth-order valence-corrected chi connectivity index (χ4v) is 8.54. The Morgan fingerprint density at radius 1 is 1.34 bits per heavy atom. The number of esters is 1. The minimum Gasteiger partial charge on any atom is -0.449 e. The summed E-state index contributed by atoms with van der Waals surface area (Å²) in [5.74, 6) is -0.698. The molecule has 3 saturated carbocycles. The molecule has 8 atom stereocenters. The first-order chi connectivity index (χ1) is 15.0. The van der Waals surface area contributed by atoms with Crippen LogP contribution >= 0.6 is 11.8 Å². The molecule has 7 heteroatoms. The predicted octanol–water partition coefficient (Wildman–Crippen LogP) is 4.39. The highest BCUT2D eigenvalue weighted by atomic mass is 32.2. The third-order valence-corrected chi connectivity index (χ3v) is 9.76. The zero-order valence-electron chi connectivity index (χ0n) is 19.2. The fourth-order valence-electron chi connectivity index (χ4n) is 7.75. The van der Waals surface area contributed by atoms with E-state index >= 15 is 0 Å². The lowest BCUT2D eigenvalue weighted by Crippen LogP contribution is -2.63. The predicted molar refractivity (Wildman–Crippen MR) is 120 cm³/mol. The van der Waals surface area contributed by atoms with Crippen molar-refractivity contribution < 1.29 is 28.6 Å². The standard InChI is InChI=1S/C25H33FO5S/c1-5-20(29)31-25(22(30)32-13-26)14(2)10-18-17-7-6-15-11-16(27)8-9-23(15,3)21(17)19(28)12-24(18,25)4/h8-9,11,14,17-19,21,28H,5-7,10,12-13H2,1-4H3/t14-,17?,18?,19?,21?,23?,24?,25?/m1/s1. The summed E-state index contributed by atoms with van der Waals surface area (Å²) in [6.07, 6.45) is 7.18. The van der Waals surface area contributed by atoms with Crippen molar-refractivity contribution in [3.63, 3.8) is 0 Å². The number of aliphatic hydroxyl groups is 1. The Labute approximate surface area is 193 Å². The quantitative estimate of drug-likeness (QED) is 0.622. The summed E-state index contributed by atoms with van der Waals surface area (Å²) in [5, 5.41) is 11.1. The molecule has 0 heterocycles. The highest BCUT2D eigenvalue weighted by molar-refractivity contribution is 8.13. The van der Waals surface area contributed by atoms with Crippen molar-refractivity contribution in [1.82, 2.24) is 0 Å². The van der Waals surface area contributed by atoms with Gasteiger partial charge in [-0.25, -0.2) is 4.39 Å². The number of hydrogen-bond acceptors (Lipinski definition) is 6. The van der Waals surface area contributed by atoms with Crippen LogP contribution in [0.3, 0.4) is 0 Å². The van der Waals surface area contributed by atoms with E-state index in [1.54, 1.807) is 19.1 Å². The van der Waals surface area contributed by atoms with E-state index in [1.165, 1.54) is 0 Å². The van der Waals surface area contributed by atoms with Gasteiger partial charge in [0.05, 0.1) is 6.10 Å². The average molecular weight is 465 g/mol. The van der Waals surface area contributed by atoms with E-state index in [4.69, 9.17) is 4.74 Å². The summed E-state index contributed by atoms with van der Waals surface area (Å²) < 4.78 is 19.3. The van der Waals surface area contributed by atoms with Gasteiger partial charge in [0.25, 0.3) is 0 Å².